The van der Waals surface area contributed by atoms with Gasteiger partial charge in [0.1, 0.15) is 23.1 Å². The number of carbonyl (C=O) groups is 2. The van der Waals surface area contributed by atoms with Gasteiger partial charge in [0.25, 0.3) is 0 Å². The Kier molecular flexibility index (Phi) is 7.02. The topological polar surface area (TPSA) is 76.0 Å². The number of hydrogen-bond acceptors (Lipinski definition) is 4. The van der Waals surface area contributed by atoms with Gasteiger partial charge in [-0.05, 0) is 92.6 Å². The van der Waals surface area contributed by atoms with Crippen molar-refractivity contribution in [1.29, 1.82) is 0 Å². The normalized spacial score (nSPS) is 17.7. The van der Waals surface area contributed by atoms with Crippen LogP contribution < -0.4 is 4.90 Å². The van der Waals surface area contributed by atoms with Crippen molar-refractivity contribution in [2.24, 2.45) is 10.3 Å². The molecule has 0 saturated heterocycles. The maximum atomic E-state index is 15.0. The Morgan fingerprint density at radius 2 is 1.68 bits per heavy atom. The van der Waals surface area contributed by atoms with Crippen LogP contribution in [0.2, 0.25) is 0 Å². The van der Waals surface area contributed by atoms with Gasteiger partial charge in [0.15, 0.2) is 0 Å². The number of rotatable bonds is 3. The average molecular weight is 571 g/mol. The van der Waals surface area contributed by atoms with E-state index in [1.165, 1.54) is 12.1 Å². The van der Waals surface area contributed by atoms with Gasteiger partial charge in [0.05, 0.1) is 14.6 Å². The zero-order chi connectivity index (χ0) is 29.0. The molecule has 1 aliphatic carbocycles. The van der Waals surface area contributed by atoms with Gasteiger partial charge < -0.3 is 9.64 Å². The van der Waals surface area contributed by atoms with E-state index in [4.69, 9.17) is 4.74 Å². The molecule has 210 valence electrons. The van der Waals surface area contributed by atoms with Gasteiger partial charge in [0.2, 0.25) is 5.91 Å². The molecule has 2 aliphatic rings. The summed E-state index contributed by atoms with van der Waals surface area (Å²) in [5.41, 5.74) is 2.69. The van der Waals surface area contributed by atoms with E-state index in [0.717, 1.165) is 35.6 Å². The fourth-order valence-corrected chi connectivity index (χ4v) is 6.45. The van der Waals surface area contributed by atoms with E-state index in [1.54, 1.807) is 37.8 Å². The zero-order valence-corrected chi connectivity index (χ0v) is 23.4. The second-order valence-electron chi connectivity index (χ2n) is 11.2. The Morgan fingerprint density at radius 3 is 2.40 bits per heavy atom. The first kappa shape index (κ1) is 27.9. The molecule has 40 heavy (non-hydrogen) atoms. The van der Waals surface area contributed by atoms with E-state index in [9.17, 15) is 22.6 Å². The lowest BCUT2D eigenvalue weighted by molar-refractivity contribution is -0.122. The van der Waals surface area contributed by atoms with E-state index in [0.29, 0.717) is 42.6 Å². The molecule has 2 atom stereocenters. The van der Waals surface area contributed by atoms with Crippen LogP contribution in [-0.4, -0.2) is 34.6 Å². The molecule has 10 heteroatoms. The number of halogens is 3. The monoisotopic (exact) mass is 570 g/mol. The molecule has 5 rings (SSSR count). The Labute approximate surface area is 231 Å². The summed E-state index contributed by atoms with van der Waals surface area (Å²) in [7, 11) is -3.50. The molecule has 0 bridgehead atoms. The van der Waals surface area contributed by atoms with Crippen LogP contribution in [-0.2, 0) is 38.5 Å². The molecular formula is C30H29F3N2O4S. The van der Waals surface area contributed by atoms with E-state index in [-0.39, 0.29) is 16.4 Å². The highest BCUT2D eigenvalue weighted by Crippen LogP contribution is 2.37. The molecule has 3 aromatic carbocycles. The number of benzene rings is 3. The summed E-state index contributed by atoms with van der Waals surface area (Å²) in [6.07, 6.45) is 1.41. The predicted octanol–water partition coefficient (Wildman–Crippen LogP) is 6.47. The van der Waals surface area contributed by atoms with Gasteiger partial charge in [-0.3, -0.25) is 4.79 Å². The maximum absolute atomic E-state index is 15.0. The minimum Gasteiger partial charge on any atom is -0.442 e. The second kappa shape index (κ2) is 10.1. The summed E-state index contributed by atoms with van der Waals surface area (Å²) < 4.78 is 65.2. The predicted molar refractivity (Wildman–Crippen MR) is 146 cm³/mol. The van der Waals surface area contributed by atoms with Gasteiger partial charge in [0, 0.05) is 30.0 Å². The van der Waals surface area contributed by atoms with Crippen LogP contribution in [0.1, 0.15) is 37.5 Å². The van der Waals surface area contributed by atoms with Crippen molar-refractivity contribution in [3.8, 4) is 11.1 Å². The molecule has 0 spiro atoms. The lowest BCUT2D eigenvalue weighted by atomic mass is 10.00. The molecular weight excluding hydrogens is 541 g/mol. The van der Waals surface area contributed by atoms with Crippen LogP contribution in [0.15, 0.2) is 57.8 Å². The number of carbonyl (C=O) groups excluding carboxylic acids is 2. The van der Waals surface area contributed by atoms with Gasteiger partial charge in [-0.2, -0.15) is 0 Å². The fraction of sp³-hybridized carbons (Fsp3) is 0.333. The summed E-state index contributed by atoms with van der Waals surface area (Å²) >= 11 is 0. The molecule has 0 radical (unpaired) electrons. The van der Waals surface area contributed by atoms with Crippen molar-refractivity contribution in [2.75, 3.05) is 17.7 Å². The second-order valence-corrected chi connectivity index (χ2v) is 13.5. The van der Waals surface area contributed by atoms with E-state index >= 15 is 4.39 Å². The van der Waals surface area contributed by atoms with E-state index < -0.39 is 44.8 Å². The van der Waals surface area contributed by atoms with Crippen LogP contribution in [0.3, 0.4) is 0 Å². The van der Waals surface area contributed by atoms with Crippen LogP contribution in [0, 0.1) is 23.4 Å². The molecule has 1 aliphatic heterocycles. The maximum Gasteiger partial charge on any atom is 0.442 e. The third-order valence-corrected chi connectivity index (χ3v) is 8.70. The largest absolute Gasteiger partial charge is 0.442 e. The van der Waals surface area contributed by atoms with Crippen LogP contribution in [0.4, 0.5) is 23.7 Å². The Hall–Kier alpha value is -3.66. The first-order valence-electron chi connectivity index (χ1n) is 12.9. The molecule has 2 amide bonds. The summed E-state index contributed by atoms with van der Waals surface area (Å²) in [5.74, 6) is -2.41. The molecule has 0 N–H and O–H groups in total. The number of hydrogen-bond donors (Lipinski definition) is 0. The Balaban J connectivity index is 1.40. The lowest BCUT2D eigenvalue weighted by Crippen LogP contribution is -2.35. The molecule has 6 nitrogen and oxygen atoms in total. The minimum absolute atomic E-state index is 0.153. The van der Waals surface area contributed by atoms with Crippen molar-refractivity contribution in [2.45, 2.75) is 50.5 Å². The molecule has 3 aromatic rings. The van der Waals surface area contributed by atoms with Crippen molar-refractivity contribution in [3.05, 3.63) is 82.7 Å². The highest BCUT2D eigenvalue weighted by atomic mass is 32.2. The van der Waals surface area contributed by atoms with Crippen molar-refractivity contribution >= 4 is 27.4 Å². The summed E-state index contributed by atoms with van der Waals surface area (Å²) in [6, 6.07) is 11.2. The zero-order valence-electron chi connectivity index (χ0n) is 22.6. The Bertz CT molecular complexity index is 1670. The van der Waals surface area contributed by atoms with Crippen molar-refractivity contribution in [3.63, 3.8) is 0 Å². The number of amides is 2. The molecule has 0 fully saturated rings. The van der Waals surface area contributed by atoms with Crippen LogP contribution in [0.5, 0.6) is 0 Å². The molecule has 1 heterocycles. The Morgan fingerprint density at radius 1 is 0.950 bits per heavy atom. The standard InChI is InChI=1S/C30H29F3N2O4S/c1-30(2,3)39-29(37)34-40(4,38)27-16-26-19(14-25(27)33)9-10-35(26)28(36)21-11-17-5-6-18(12-20(17)13-21)23-15-22(31)7-8-24(23)32/h5-8,12,14-16,21H,9-11,13H2,1-4H3/t21-,40?/m1/s1. The average Bonchev–Trinajstić information content (AvgIpc) is 3.46. The highest BCUT2D eigenvalue weighted by Gasteiger charge is 2.35. The quantitative estimate of drug-likeness (QED) is 0.362. The molecule has 0 saturated carbocycles. The number of ether oxygens (including phenoxy) is 1. The number of nitrogens with zero attached hydrogens (tertiary/aromatic N) is 2. The van der Waals surface area contributed by atoms with Crippen molar-refractivity contribution in [1.82, 2.24) is 0 Å². The first-order chi connectivity index (χ1) is 18.7. The third-order valence-electron chi connectivity index (χ3n) is 7.07. The fourth-order valence-electron chi connectivity index (χ4n) is 5.28. The third kappa shape index (κ3) is 5.50. The SMILES string of the molecule is CC(C)(C)OC(=O)N=S(C)(=O)c1cc2c(cc1F)CCN2C(=O)[C@@H]1Cc2ccc(-c3cc(F)ccc3F)cc2C1. The molecule has 0 aromatic heterocycles. The number of anilines is 1. The van der Waals surface area contributed by atoms with Gasteiger partial charge in [-0.1, -0.05) is 18.2 Å². The minimum atomic E-state index is -3.50. The van der Waals surface area contributed by atoms with E-state index in [1.807, 2.05) is 6.07 Å². The first-order valence-corrected chi connectivity index (χ1v) is 14.8. The molecule has 1 unspecified atom stereocenters. The smallest absolute Gasteiger partial charge is 0.442 e. The summed E-state index contributed by atoms with van der Waals surface area (Å²) in [4.78, 5) is 27.2. The van der Waals surface area contributed by atoms with Gasteiger partial charge >= 0.3 is 6.09 Å². The van der Waals surface area contributed by atoms with Crippen LogP contribution in [0.25, 0.3) is 11.1 Å². The number of fused-ring (bicyclic) bond motifs is 2. The summed E-state index contributed by atoms with van der Waals surface area (Å²) in [6.45, 7) is 5.25. The summed E-state index contributed by atoms with van der Waals surface area (Å²) in [5, 5.41) is 0. The van der Waals surface area contributed by atoms with Crippen LogP contribution >= 0.6 is 0 Å². The van der Waals surface area contributed by atoms with Gasteiger partial charge in [-0.25, -0.2) is 22.2 Å². The van der Waals surface area contributed by atoms with Gasteiger partial charge in [-0.15, -0.1) is 4.36 Å². The highest BCUT2D eigenvalue weighted by molar-refractivity contribution is 7.93. The lowest BCUT2D eigenvalue weighted by Gasteiger charge is -2.22. The van der Waals surface area contributed by atoms with Crippen molar-refractivity contribution < 1.29 is 31.7 Å². The van der Waals surface area contributed by atoms with E-state index in [2.05, 4.69) is 4.36 Å².